The van der Waals surface area contributed by atoms with Gasteiger partial charge in [-0.25, -0.2) is 0 Å². The molecule has 0 N–H and O–H groups in total. The van der Waals surface area contributed by atoms with Crippen LogP contribution < -0.4 is 4.90 Å². The molecule has 10 atom stereocenters. The van der Waals surface area contributed by atoms with Crippen LogP contribution in [0.1, 0.15) is 124 Å². The fraction of sp³-hybridized carbons (Fsp3) is 0.410. The Bertz CT molecular complexity index is 2880. The van der Waals surface area contributed by atoms with Crippen LogP contribution in [0, 0.1) is 47.3 Å². The number of hydrogen-bond donors (Lipinski definition) is 0. The second-order valence-electron chi connectivity index (χ2n) is 22.8. The summed E-state index contributed by atoms with van der Waals surface area (Å²) in [4.78, 5) is 2.76. The van der Waals surface area contributed by atoms with Crippen molar-refractivity contribution in [1.29, 1.82) is 0 Å². The van der Waals surface area contributed by atoms with E-state index in [1.165, 1.54) is 139 Å². The van der Waals surface area contributed by atoms with Gasteiger partial charge in [0, 0.05) is 33.2 Å². The molecular weight excluding hydrogens is 747 g/mol. The third kappa shape index (κ3) is 4.28. The van der Waals surface area contributed by atoms with Gasteiger partial charge in [0.15, 0.2) is 0 Å². The lowest BCUT2D eigenvalue weighted by atomic mass is 9.50. The number of hydrogen-bond acceptors (Lipinski definition) is 1. The predicted octanol–water partition coefficient (Wildman–Crippen LogP) is 15.7. The Balaban J connectivity index is 0.990. The van der Waals surface area contributed by atoms with Crippen LogP contribution in [0.5, 0.6) is 0 Å². The molecule has 6 aromatic rings. The summed E-state index contributed by atoms with van der Waals surface area (Å²) in [5, 5.41) is 0. The van der Waals surface area contributed by atoms with Gasteiger partial charge >= 0.3 is 0 Å². The zero-order valence-corrected chi connectivity index (χ0v) is 36.7. The fourth-order valence-electron chi connectivity index (χ4n) is 18.2. The molecule has 8 bridgehead atoms. The van der Waals surface area contributed by atoms with E-state index in [-0.39, 0.29) is 16.2 Å². The zero-order valence-electron chi connectivity index (χ0n) is 36.7. The number of rotatable bonds is 3. The summed E-state index contributed by atoms with van der Waals surface area (Å²) < 4.78 is 0. The van der Waals surface area contributed by atoms with Gasteiger partial charge < -0.3 is 4.90 Å². The first-order valence-electron chi connectivity index (χ1n) is 24.9. The smallest absolute Gasteiger partial charge is 0.0543 e. The highest BCUT2D eigenvalue weighted by Gasteiger charge is 2.61. The van der Waals surface area contributed by atoms with Crippen LogP contribution in [0.4, 0.5) is 17.1 Å². The maximum absolute atomic E-state index is 2.76. The summed E-state index contributed by atoms with van der Waals surface area (Å²) in [5.74, 6) is 6.57. The van der Waals surface area contributed by atoms with E-state index >= 15 is 0 Å². The first-order valence-corrected chi connectivity index (χ1v) is 24.9. The minimum atomic E-state index is -0.0796. The summed E-state index contributed by atoms with van der Waals surface area (Å²) in [6.45, 7) is 4.90. The van der Waals surface area contributed by atoms with E-state index in [0.717, 1.165) is 47.3 Å². The number of benzene rings is 6. The summed E-state index contributed by atoms with van der Waals surface area (Å²) in [6.07, 6.45) is 17.0. The molecule has 0 heterocycles. The molecule has 17 rings (SSSR count). The Labute approximate surface area is 369 Å². The highest BCUT2D eigenvalue weighted by atomic mass is 15.1. The van der Waals surface area contributed by atoms with E-state index < -0.39 is 0 Å². The van der Waals surface area contributed by atoms with Crippen molar-refractivity contribution in [3.8, 4) is 33.4 Å². The van der Waals surface area contributed by atoms with Crippen LogP contribution in [-0.4, -0.2) is 0 Å². The average Bonchev–Trinajstić information content (AvgIpc) is 3.67. The lowest BCUT2D eigenvalue weighted by molar-refractivity contribution is 0.0618. The molecule has 0 aliphatic heterocycles. The third-order valence-electron chi connectivity index (χ3n) is 20.0. The summed E-state index contributed by atoms with van der Waals surface area (Å²) in [5.41, 5.74) is 22.5. The van der Waals surface area contributed by atoms with Gasteiger partial charge in [-0.05, 0) is 203 Å². The number of fused-ring (bicyclic) bond motifs is 11. The van der Waals surface area contributed by atoms with Gasteiger partial charge in [0.25, 0.3) is 0 Å². The predicted molar refractivity (Wildman–Crippen MR) is 254 cm³/mol. The second kappa shape index (κ2) is 12.2. The quantitative estimate of drug-likeness (QED) is 0.172. The van der Waals surface area contributed by atoms with Crippen LogP contribution in [0.15, 0.2) is 127 Å². The van der Waals surface area contributed by atoms with E-state index in [0.29, 0.717) is 0 Å². The molecule has 0 saturated heterocycles. The van der Waals surface area contributed by atoms with Crippen LogP contribution in [-0.2, 0) is 16.2 Å². The molecule has 8 saturated carbocycles. The molecule has 2 spiro atoms. The van der Waals surface area contributed by atoms with Gasteiger partial charge in [0.1, 0.15) is 0 Å². The van der Waals surface area contributed by atoms with E-state index in [2.05, 4.69) is 146 Å². The molecule has 6 aromatic carbocycles. The van der Waals surface area contributed by atoms with E-state index in [1.54, 1.807) is 22.3 Å². The lowest BCUT2D eigenvalue weighted by Crippen LogP contribution is -2.48. The van der Waals surface area contributed by atoms with Crippen molar-refractivity contribution >= 4 is 17.1 Å². The summed E-state index contributed by atoms with van der Waals surface area (Å²) >= 11 is 0. The number of anilines is 3. The first kappa shape index (κ1) is 35.6. The molecule has 11 aliphatic carbocycles. The normalized spacial score (nSPS) is 33.8. The van der Waals surface area contributed by atoms with E-state index in [1.807, 2.05) is 0 Å². The highest BCUT2D eigenvalue weighted by Crippen LogP contribution is 2.71. The van der Waals surface area contributed by atoms with Crippen molar-refractivity contribution in [1.82, 2.24) is 0 Å². The van der Waals surface area contributed by atoms with Gasteiger partial charge in [-0.3, -0.25) is 0 Å². The third-order valence-corrected chi connectivity index (χ3v) is 20.0. The molecule has 0 amide bonds. The van der Waals surface area contributed by atoms with Crippen molar-refractivity contribution in [2.75, 3.05) is 4.90 Å². The Morgan fingerprint density at radius 1 is 0.371 bits per heavy atom. The van der Waals surface area contributed by atoms with Gasteiger partial charge in [-0.15, -0.1) is 0 Å². The van der Waals surface area contributed by atoms with E-state index in [9.17, 15) is 0 Å². The summed E-state index contributed by atoms with van der Waals surface area (Å²) in [6, 6.07) is 51.7. The van der Waals surface area contributed by atoms with E-state index in [4.69, 9.17) is 0 Å². The average molecular weight is 806 g/mol. The monoisotopic (exact) mass is 805 g/mol. The van der Waals surface area contributed by atoms with Gasteiger partial charge in [0.2, 0.25) is 0 Å². The van der Waals surface area contributed by atoms with Crippen molar-refractivity contribution < 1.29 is 0 Å². The maximum Gasteiger partial charge on any atom is 0.0543 e. The van der Waals surface area contributed by atoms with Crippen molar-refractivity contribution in [2.45, 2.75) is 107 Å². The molecule has 0 radical (unpaired) electrons. The molecule has 1 heteroatoms. The fourth-order valence-corrected chi connectivity index (χ4v) is 18.2. The summed E-state index contributed by atoms with van der Waals surface area (Å²) in [7, 11) is 0. The molecular formula is C61H59N. The zero-order chi connectivity index (χ0) is 40.7. The minimum Gasteiger partial charge on any atom is -0.310 e. The van der Waals surface area contributed by atoms with Crippen LogP contribution in [0.3, 0.4) is 0 Å². The SMILES string of the molecule is CC1(C)c2ccccc2-c2ccc(N(c3ccc4c(c3)C3(c5ccccc5-4)C4CCC5CC(C4)CC3C5)c3cccc4c3-c3ccccc3C43C4CCC5CC(C4)CC3C5)cc21. The Morgan fingerprint density at radius 3 is 1.50 bits per heavy atom. The minimum absolute atomic E-state index is 0.0796. The number of nitrogens with zero attached hydrogens (tertiary/aromatic N) is 1. The lowest BCUT2D eigenvalue weighted by Gasteiger charge is -2.53. The second-order valence-corrected chi connectivity index (χ2v) is 22.8. The Hall–Kier alpha value is -4.88. The molecule has 308 valence electrons. The van der Waals surface area contributed by atoms with Crippen molar-refractivity contribution in [3.63, 3.8) is 0 Å². The molecule has 10 unspecified atom stereocenters. The maximum atomic E-state index is 2.76. The van der Waals surface area contributed by atoms with Crippen LogP contribution >= 0.6 is 0 Å². The largest absolute Gasteiger partial charge is 0.310 e. The van der Waals surface area contributed by atoms with Crippen LogP contribution in [0.2, 0.25) is 0 Å². The topological polar surface area (TPSA) is 3.24 Å². The van der Waals surface area contributed by atoms with Crippen molar-refractivity contribution in [3.05, 3.63) is 161 Å². The highest BCUT2D eigenvalue weighted by molar-refractivity contribution is 5.97. The van der Waals surface area contributed by atoms with Crippen LogP contribution in [0.25, 0.3) is 33.4 Å². The van der Waals surface area contributed by atoms with Gasteiger partial charge in [-0.2, -0.15) is 0 Å². The van der Waals surface area contributed by atoms with Gasteiger partial charge in [0.05, 0.1) is 5.69 Å². The molecule has 8 fully saturated rings. The standard InChI is InChI=1S/C61H59N/c1-59(2)51-13-6-3-10-46(51)48-24-22-44(34-55(48)59)62(45-23-25-49-47-11-4-7-14-52(47)61(56(49)35-45)41-21-19-37-27-39(31-41)33-43(61)29-37)57-17-9-16-54-58(57)50-12-5-8-15-53(50)60(54)40-20-18-36-26-38(30-40)32-42(60)28-36/h3-17,22-25,34-43H,18-21,26-33H2,1-2H3. The molecule has 0 aromatic heterocycles. The molecule has 1 nitrogen and oxygen atoms in total. The molecule has 11 aliphatic rings. The molecule has 62 heavy (non-hydrogen) atoms. The van der Waals surface area contributed by atoms with Gasteiger partial charge in [-0.1, -0.05) is 124 Å². The first-order chi connectivity index (χ1) is 30.4. The Kier molecular flexibility index (Phi) is 7.01. The Morgan fingerprint density at radius 2 is 0.839 bits per heavy atom. The van der Waals surface area contributed by atoms with Crippen molar-refractivity contribution in [2.24, 2.45) is 47.3 Å².